The van der Waals surface area contributed by atoms with Crippen LogP contribution in [-0.2, 0) is 16.1 Å². The minimum absolute atomic E-state index is 0.00247. The molecule has 2 N–H and O–H groups in total. The average molecular weight is 338 g/mol. The molecule has 3 rings (SSSR count). The lowest BCUT2D eigenvalue weighted by molar-refractivity contribution is -0.142. The van der Waals surface area contributed by atoms with E-state index in [0.29, 0.717) is 13.0 Å². The van der Waals surface area contributed by atoms with Crippen molar-refractivity contribution in [1.29, 1.82) is 0 Å². The molecule has 0 aliphatic heterocycles. The maximum absolute atomic E-state index is 12.6. The maximum atomic E-state index is 12.6. The summed E-state index contributed by atoms with van der Waals surface area (Å²) < 4.78 is 0. The van der Waals surface area contributed by atoms with Gasteiger partial charge in [0.2, 0.25) is 5.91 Å². The zero-order chi connectivity index (χ0) is 18.0. The van der Waals surface area contributed by atoms with Crippen LogP contribution in [0, 0.1) is 17.3 Å². The van der Waals surface area contributed by atoms with E-state index in [1.54, 1.807) is 12.4 Å². The quantitative estimate of drug-likeness (QED) is 0.848. The number of carboxylic acid groups (broad SMARTS) is 1. The van der Waals surface area contributed by atoms with Crippen LogP contribution in [0.1, 0.15) is 25.8 Å². The summed E-state index contributed by atoms with van der Waals surface area (Å²) in [5, 5.41) is 12.1. The van der Waals surface area contributed by atoms with Gasteiger partial charge in [-0.3, -0.25) is 14.6 Å². The normalized spacial score (nSPS) is 21.8. The van der Waals surface area contributed by atoms with E-state index in [9.17, 15) is 14.7 Å². The molecule has 2 aromatic rings. The first-order chi connectivity index (χ1) is 11.9. The van der Waals surface area contributed by atoms with Crippen molar-refractivity contribution in [3.05, 3.63) is 54.4 Å². The van der Waals surface area contributed by atoms with Gasteiger partial charge in [-0.2, -0.15) is 0 Å². The molecule has 5 nitrogen and oxygen atoms in total. The van der Waals surface area contributed by atoms with Gasteiger partial charge in [-0.05, 0) is 41.2 Å². The molecule has 1 aromatic carbocycles. The van der Waals surface area contributed by atoms with Crippen LogP contribution in [0.5, 0.6) is 0 Å². The second-order valence-electron chi connectivity index (χ2n) is 6.91. The summed E-state index contributed by atoms with van der Waals surface area (Å²) in [7, 11) is 0. The molecule has 25 heavy (non-hydrogen) atoms. The van der Waals surface area contributed by atoms with Gasteiger partial charge in [0.05, 0.1) is 11.3 Å². The molecule has 1 fully saturated rings. The number of amides is 1. The zero-order valence-electron chi connectivity index (χ0n) is 14.4. The number of carbonyl (C=O) groups excluding carboxylic acids is 1. The Balaban J connectivity index is 1.64. The van der Waals surface area contributed by atoms with E-state index >= 15 is 0 Å². The van der Waals surface area contributed by atoms with Crippen LogP contribution in [0.4, 0.5) is 0 Å². The predicted octanol–water partition coefficient (Wildman–Crippen LogP) is 3.11. The molecule has 0 unspecified atom stereocenters. The first-order valence-electron chi connectivity index (χ1n) is 8.45. The van der Waals surface area contributed by atoms with Gasteiger partial charge in [-0.1, -0.05) is 38.1 Å². The van der Waals surface area contributed by atoms with Crippen molar-refractivity contribution in [3.63, 3.8) is 0 Å². The summed E-state index contributed by atoms with van der Waals surface area (Å²) in [5.74, 6) is -1.61. The van der Waals surface area contributed by atoms with E-state index in [2.05, 4.69) is 10.3 Å². The number of benzene rings is 1. The molecule has 1 aliphatic carbocycles. The van der Waals surface area contributed by atoms with E-state index in [1.165, 1.54) is 0 Å². The van der Waals surface area contributed by atoms with Crippen molar-refractivity contribution < 1.29 is 14.7 Å². The molecule has 130 valence electrons. The third-order valence-corrected chi connectivity index (χ3v) is 5.18. The van der Waals surface area contributed by atoms with E-state index in [1.807, 2.05) is 50.2 Å². The fraction of sp³-hybridized carbons (Fsp3) is 0.350. The molecule has 1 amide bonds. The van der Waals surface area contributed by atoms with Crippen LogP contribution in [0.2, 0.25) is 0 Å². The Bertz CT molecular complexity index is 771. The monoisotopic (exact) mass is 338 g/mol. The van der Waals surface area contributed by atoms with Gasteiger partial charge < -0.3 is 10.4 Å². The highest BCUT2D eigenvalue weighted by Gasteiger charge is 2.65. The zero-order valence-corrected chi connectivity index (χ0v) is 14.4. The summed E-state index contributed by atoms with van der Waals surface area (Å²) in [5.41, 5.74) is 2.40. The number of hydrogen-bond donors (Lipinski definition) is 2. The topological polar surface area (TPSA) is 79.3 Å². The second kappa shape index (κ2) is 6.67. The summed E-state index contributed by atoms with van der Waals surface area (Å²) in [4.78, 5) is 27.8. The lowest BCUT2D eigenvalue weighted by atomic mass is 9.88. The Labute approximate surface area is 147 Å². The van der Waals surface area contributed by atoms with Crippen LogP contribution in [-0.4, -0.2) is 22.0 Å². The van der Waals surface area contributed by atoms with Gasteiger partial charge in [0.1, 0.15) is 0 Å². The van der Waals surface area contributed by atoms with Crippen LogP contribution < -0.4 is 5.32 Å². The third-order valence-electron chi connectivity index (χ3n) is 5.18. The van der Waals surface area contributed by atoms with Crippen molar-refractivity contribution >= 4 is 11.9 Å². The average Bonchev–Trinajstić information content (AvgIpc) is 3.38. The summed E-state index contributed by atoms with van der Waals surface area (Å²) in [6, 6.07) is 11.8. The lowest BCUT2D eigenvalue weighted by Gasteiger charge is -2.20. The maximum Gasteiger partial charge on any atom is 0.307 e. The predicted molar refractivity (Wildman–Crippen MR) is 94.5 cm³/mol. The van der Waals surface area contributed by atoms with E-state index in [-0.39, 0.29) is 11.8 Å². The molecule has 1 heterocycles. The van der Waals surface area contributed by atoms with Crippen LogP contribution in [0.3, 0.4) is 0 Å². The highest BCUT2D eigenvalue weighted by molar-refractivity contribution is 5.93. The van der Waals surface area contributed by atoms with Crippen LogP contribution in [0.25, 0.3) is 11.1 Å². The number of hydrogen-bond acceptors (Lipinski definition) is 3. The summed E-state index contributed by atoms with van der Waals surface area (Å²) in [6.45, 7) is 4.22. The molecule has 1 aliphatic rings. The first kappa shape index (κ1) is 17.1. The van der Waals surface area contributed by atoms with Crippen molar-refractivity contribution in [2.75, 3.05) is 0 Å². The van der Waals surface area contributed by atoms with E-state index < -0.39 is 17.3 Å². The fourth-order valence-corrected chi connectivity index (χ4v) is 3.44. The molecule has 0 bridgehead atoms. The number of pyridine rings is 1. The standard InChI is InChI=1S/C20H22N2O3/c1-13(2)20(11-17(20)18(23)24)19(25)22-12-14-3-5-15(6-4-14)16-7-9-21-10-8-16/h3-10,13,17H,11-12H2,1-2H3,(H,22,25)(H,23,24)/t17-,20+/m0/s1. The first-order valence-corrected chi connectivity index (χ1v) is 8.45. The van der Waals surface area contributed by atoms with Crippen molar-refractivity contribution in [1.82, 2.24) is 10.3 Å². The van der Waals surface area contributed by atoms with Gasteiger partial charge in [-0.15, -0.1) is 0 Å². The SMILES string of the molecule is CC(C)[C@]1(C(=O)NCc2ccc(-c3ccncc3)cc2)C[C@H]1C(=O)O. The Hall–Kier alpha value is -2.69. The number of aliphatic carboxylic acids is 1. The molecule has 0 radical (unpaired) electrons. The van der Waals surface area contributed by atoms with E-state index in [0.717, 1.165) is 16.7 Å². The van der Waals surface area contributed by atoms with Crippen molar-refractivity contribution in [3.8, 4) is 11.1 Å². The number of carboxylic acids is 1. The minimum atomic E-state index is -0.884. The molecule has 2 atom stereocenters. The van der Waals surface area contributed by atoms with Gasteiger partial charge in [0.25, 0.3) is 0 Å². The number of nitrogens with one attached hydrogen (secondary N) is 1. The highest BCUT2D eigenvalue weighted by atomic mass is 16.4. The number of carbonyl (C=O) groups is 2. The van der Waals surface area contributed by atoms with Crippen molar-refractivity contribution in [2.24, 2.45) is 17.3 Å². The Morgan fingerprint density at radius 2 is 1.76 bits per heavy atom. The van der Waals surface area contributed by atoms with Crippen molar-refractivity contribution in [2.45, 2.75) is 26.8 Å². The molecular formula is C20H22N2O3. The molecule has 5 heteroatoms. The second-order valence-corrected chi connectivity index (χ2v) is 6.91. The Morgan fingerprint density at radius 3 is 2.28 bits per heavy atom. The van der Waals surface area contributed by atoms with Gasteiger partial charge in [-0.25, -0.2) is 0 Å². The molecule has 1 saturated carbocycles. The van der Waals surface area contributed by atoms with Crippen LogP contribution in [0.15, 0.2) is 48.8 Å². The molecule has 0 saturated heterocycles. The third kappa shape index (κ3) is 3.27. The lowest BCUT2D eigenvalue weighted by Crippen LogP contribution is -2.37. The van der Waals surface area contributed by atoms with Gasteiger partial charge >= 0.3 is 5.97 Å². The summed E-state index contributed by atoms with van der Waals surface area (Å²) in [6.07, 6.45) is 3.93. The smallest absolute Gasteiger partial charge is 0.307 e. The molecule has 0 spiro atoms. The summed E-state index contributed by atoms with van der Waals surface area (Å²) >= 11 is 0. The minimum Gasteiger partial charge on any atom is -0.481 e. The number of aromatic nitrogens is 1. The fourth-order valence-electron chi connectivity index (χ4n) is 3.44. The molecule has 1 aromatic heterocycles. The number of nitrogens with zero attached hydrogens (tertiary/aromatic N) is 1. The highest BCUT2D eigenvalue weighted by Crippen LogP contribution is 2.58. The Morgan fingerprint density at radius 1 is 1.16 bits per heavy atom. The molecular weight excluding hydrogens is 316 g/mol. The largest absolute Gasteiger partial charge is 0.481 e. The van der Waals surface area contributed by atoms with Gasteiger partial charge in [0.15, 0.2) is 0 Å². The van der Waals surface area contributed by atoms with Gasteiger partial charge in [0, 0.05) is 18.9 Å². The van der Waals surface area contributed by atoms with E-state index in [4.69, 9.17) is 0 Å². The Kier molecular flexibility index (Phi) is 4.57. The number of rotatable bonds is 6. The van der Waals surface area contributed by atoms with Crippen LogP contribution >= 0.6 is 0 Å².